The van der Waals surface area contributed by atoms with Crippen LogP contribution in [0.1, 0.15) is 82.1 Å². The molecule has 58 heavy (non-hydrogen) atoms. The molecule has 1 unspecified atom stereocenters. The van der Waals surface area contributed by atoms with Crippen molar-refractivity contribution < 1.29 is 37.1 Å². The highest BCUT2D eigenvalue weighted by Gasteiger charge is 2.51. The van der Waals surface area contributed by atoms with E-state index in [4.69, 9.17) is 17.0 Å². The molecule has 4 amide bonds. The highest BCUT2D eigenvalue weighted by molar-refractivity contribution is 7.81. The molecule has 0 aliphatic carbocycles. The zero-order valence-electron chi connectivity index (χ0n) is 32.9. The minimum Gasteiger partial charge on any atom is -0.493 e. The number of ether oxygens (including phenoxy) is 1. The maximum absolute atomic E-state index is 13.8. The highest BCUT2D eigenvalue weighted by Crippen LogP contribution is 2.41. The lowest BCUT2D eigenvalue weighted by atomic mass is 9.91. The molecule has 0 bridgehead atoms. The normalized spacial score (nSPS) is 19.5. The Bertz CT molecular complexity index is 2140. The molecule has 0 radical (unpaired) electrons. The minimum atomic E-state index is -4.79. The molecule has 3 aromatic carbocycles. The zero-order chi connectivity index (χ0) is 41.9. The number of benzene rings is 3. The third-order valence-electron chi connectivity index (χ3n) is 11.4. The Morgan fingerprint density at radius 3 is 2.45 bits per heavy atom. The van der Waals surface area contributed by atoms with E-state index in [1.54, 1.807) is 30.9 Å². The fourth-order valence-electron chi connectivity index (χ4n) is 7.95. The standard InChI is InChI=1S/C43H47F3N6O5S/c1-5-29-23-34(52-41(58)51(40(56)42(52,3)4)33-11-9-31(25-47)35(24-33)43(44,45)46)12-13-36(29)57-20-17-27-15-18-50(19-16-27)26(2)38(54)48-32-8-6-7-28(22-32)21-30-10-14-37(53)49-39(30)55/h6-9,11-13,22-24,26-27,30H,5,10,14-21H2,1-4H3,(H,48,54)(H,49,53,55)/t26-,30?/m0/s1. The molecule has 3 fully saturated rings. The van der Waals surface area contributed by atoms with E-state index in [1.807, 2.05) is 50.2 Å². The number of aryl methyl sites for hydroxylation is 1. The lowest BCUT2D eigenvalue weighted by Crippen LogP contribution is -2.46. The van der Waals surface area contributed by atoms with Gasteiger partial charge in [0.1, 0.15) is 11.3 Å². The SMILES string of the molecule is CCc1cc(N2C(=S)N(c3ccc(C#N)c(C(F)(F)F)c3)C(=O)C2(C)C)ccc1OCCC1CCN([C@@H](C)C(=O)Nc2cccc(CC3CCC(=O)NC3=O)c2)CC1. The average Bonchev–Trinajstić information content (AvgIpc) is 3.37. The zero-order valence-corrected chi connectivity index (χ0v) is 33.8. The topological polar surface area (TPSA) is 135 Å². The van der Waals surface area contributed by atoms with Crippen LogP contribution in [-0.2, 0) is 38.2 Å². The van der Waals surface area contributed by atoms with Gasteiger partial charge in [-0.15, -0.1) is 0 Å². The van der Waals surface area contributed by atoms with Crippen molar-refractivity contribution in [3.63, 3.8) is 0 Å². The van der Waals surface area contributed by atoms with Crippen LogP contribution in [0, 0.1) is 23.2 Å². The molecular weight excluding hydrogens is 770 g/mol. The highest BCUT2D eigenvalue weighted by atomic mass is 32.1. The van der Waals surface area contributed by atoms with Crippen LogP contribution >= 0.6 is 12.2 Å². The Morgan fingerprint density at radius 2 is 1.78 bits per heavy atom. The van der Waals surface area contributed by atoms with E-state index >= 15 is 0 Å². The van der Waals surface area contributed by atoms with Gasteiger partial charge in [0.05, 0.1) is 35.5 Å². The molecule has 3 aliphatic heterocycles. The summed E-state index contributed by atoms with van der Waals surface area (Å²) in [4.78, 5) is 55.6. The van der Waals surface area contributed by atoms with E-state index in [0.29, 0.717) is 55.3 Å². The average molecular weight is 817 g/mol. The number of nitriles is 1. The minimum absolute atomic E-state index is 0.0259. The summed E-state index contributed by atoms with van der Waals surface area (Å²) in [5.74, 6) is -0.254. The number of hydrogen-bond acceptors (Lipinski definition) is 8. The largest absolute Gasteiger partial charge is 0.493 e. The summed E-state index contributed by atoms with van der Waals surface area (Å²) in [5, 5.41) is 14.7. The third kappa shape index (κ3) is 9.03. The molecule has 3 aromatic rings. The number of carbonyl (C=O) groups is 4. The number of anilines is 3. The molecule has 306 valence electrons. The number of nitrogens with one attached hydrogen (secondary N) is 2. The first-order chi connectivity index (χ1) is 27.5. The smallest absolute Gasteiger partial charge is 0.417 e. The van der Waals surface area contributed by atoms with Gasteiger partial charge < -0.3 is 15.0 Å². The maximum atomic E-state index is 13.8. The predicted octanol–water partition coefficient (Wildman–Crippen LogP) is 7.16. The molecule has 2 atom stereocenters. The van der Waals surface area contributed by atoms with Crippen LogP contribution in [-0.4, -0.2) is 64.9 Å². The Morgan fingerprint density at radius 1 is 1.05 bits per heavy atom. The van der Waals surface area contributed by atoms with Crippen molar-refractivity contribution in [3.8, 4) is 11.8 Å². The van der Waals surface area contributed by atoms with E-state index in [1.165, 1.54) is 6.07 Å². The van der Waals surface area contributed by atoms with Crippen LogP contribution in [0.3, 0.4) is 0 Å². The fraction of sp³-hybridized carbons (Fsp3) is 0.442. The molecule has 6 rings (SSSR count). The van der Waals surface area contributed by atoms with Gasteiger partial charge >= 0.3 is 6.18 Å². The van der Waals surface area contributed by atoms with E-state index < -0.39 is 28.7 Å². The van der Waals surface area contributed by atoms with Gasteiger partial charge in [-0.05, 0) is 150 Å². The van der Waals surface area contributed by atoms with E-state index in [2.05, 4.69) is 15.5 Å². The third-order valence-corrected chi connectivity index (χ3v) is 11.8. The number of thiocarbonyl (C=S) groups is 1. The molecule has 3 aliphatic rings. The first kappa shape index (κ1) is 42.3. The van der Waals surface area contributed by atoms with Crippen LogP contribution in [0.15, 0.2) is 60.7 Å². The summed E-state index contributed by atoms with van der Waals surface area (Å²) < 4.78 is 47.6. The van der Waals surface area contributed by atoms with E-state index in [9.17, 15) is 37.6 Å². The molecule has 0 saturated carbocycles. The molecule has 2 N–H and O–H groups in total. The van der Waals surface area contributed by atoms with Gasteiger partial charge in [0, 0.05) is 23.7 Å². The number of nitrogens with zero attached hydrogens (tertiary/aromatic N) is 4. The van der Waals surface area contributed by atoms with Gasteiger partial charge in [-0.3, -0.25) is 34.3 Å². The first-order valence-corrected chi connectivity index (χ1v) is 20.0. The van der Waals surface area contributed by atoms with Crippen LogP contribution in [0.2, 0.25) is 0 Å². The Hall–Kier alpha value is -5.33. The Labute approximate surface area is 341 Å². The second-order valence-corrected chi connectivity index (χ2v) is 16.0. The lowest BCUT2D eigenvalue weighted by Gasteiger charge is -2.35. The van der Waals surface area contributed by atoms with Crippen LogP contribution in [0.25, 0.3) is 0 Å². The summed E-state index contributed by atoms with van der Waals surface area (Å²) in [6.07, 6.45) is -0.179. The summed E-state index contributed by atoms with van der Waals surface area (Å²) >= 11 is 5.72. The number of carbonyl (C=O) groups excluding carboxylic acids is 4. The van der Waals surface area contributed by atoms with E-state index in [0.717, 1.165) is 60.5 Å². The number of halogens is 3. The number of rotatable bonds is 12. The van der Waals surface area contributed by atoms with E-state index in [-0.39, 0.29) is 40.5 Å². The molecule has 15 heteroatoms. The van der Waals surface area contributed by atoms with Crippen molar-refractivity contribution >= 4 is 58.0 Å². The van der Waals surface area contributed by atoms with Gasteiger partial charge in [0.25, 0.3) is 5.91 Å². The van der Waals surface area contributed by atoms with Gasteiger partial charge in [-0.2, -0.15) is 18.4 Å². The van der Waals surface area contributed by atoms with Crippen molar-refractivity contribution in [3.05, 3.63) is 82.9 Å². The second kappa shape index (κ2) is 17.3. The number of hydrogen-bond donors (Lipinski definition) is 2. The van der Waals surface area contributed by atoms with Crippen molar-refractivity contribution in [2.24, 2.45) is 11.8 Å². The van der Waals surface area contributed by atoms with Crippen LogP contribution in [0.4, 0.5) is 30.2 Å². The number of imide groups is 1. The monoisotopic (exact) mass is 816 g/mol. The predicted molar refractivity (Wildman–Crippen MR) is 217 cm³/mol. The molecule has 3 heterocycles. The van der Waals surface area contributed by atoms with Gasteiger partial charge in [-0.1, -0.05) is 19.1 Å². The molecule has 11 nitrogen and oxygen atoms in total. The Kier molecular flexibility index (Phi) is 12.6. The number of likely N-dealkylation sites (tertiary alicyclic amines) is 1. The summed E-state index contributed by atoms with van der Waals surface area (Å²) in [5.41, 5.74) is 0.112. The van der Waals surface area contributed by atoms with Crippen molar-refractivity contribution in [1.29, 1.82) is 5.26 Å². The maximum Gasteiger partial charge on any atom is 0.417 e. The van der Waals surface area contributed by atoms with Crippen molar-refractivity contribution in [2.45, 2.75) is 90.4 Å². The van der Waals surface area contributed by atoms with Crippen LogP contribution in [0.5, 0.6) is 5.75 Å². The first-order valence-electron chi connectivity index (χ1n) is 19.5. The van der Waals surface area contributed by atoms with Crippen LogP contribution < -0.4 is 25.2 Å². The Balaban J connectivity index is 1.01. The second-order valence-electron chi connectivity index (χ2n) is 15.6. The summed E-state index contributed by atoms with van der Waals surface area (Å²) in [6, 6.07) is 17.4. The molecular formula is C43H47F3N6O5S. The lowest BCUT2D eigenvalue weighted by molar-refractivity contribution is -0.138. The fourth-order valence-corrected chi connectivity index (χ4v) is 8.47. The van der Waals surface area contributed by atoms with Crippen molar-refractivity contribution in [2.75, 3.05) is 34.8 Å². The van der Waals surface area contributed by atoms with Gasteiger partial charge in [0.15, 0.2) is 5.11 Å². The number of alkyl halides is 3. The number of amides is 4. The van der Waals surface area contributed by atoms with Crippen molar-refractivity contribution in [1.82, 2.24) is 10.2 Å². The number of piperidine rings is 2. The molecule has 0 spiro atoms. The quantitative estimate of drug-likeness (QED) is 0.144. The summed E-state index contributed by atoms with van der Waals surface area (Å²) in [7, 11) is 0. The van der Waals surface area contributed by atoms with Gasteiger partial charge in [-0.25, -0.2) is 0 Å². The summed E-state index contributed by atoms with van der Waals surface area (Å²) in [6.45, 7) is 9.24. The van der Waals surface area contributed by atoms with Gasteiger partial charge in [0.2, 0.25) is 17.7 Å². The molecule has 3 saturated heterocycles. The molecule has 0 aromatic heterocycles.